The van der Waals surface area contributed by atoms with Crippen LogP contribution in [0.25, 0.3) is 5.69 Å². The number of alkyl halides is 3. The third kappa shape index (κ3) is 5.83. The molecule has 3 aromatic carbocycles. The maximum absolute atomic E-state index is 12.9. The van der Waals surface area contributed by atoms with E-state index in [1.165, 1.54) is 4.68 Å². The van der Waals surface area contributed by atoms with Gasteiger partial charge in [-0.3, -0.25) is 4.79 Å². The number of aliphatic hydroxyl groups is 1. The van der Waals surface area contributed by atoms with Crippen LogP contribution in [0.15, 0.2) is 91.3 Å². The number of aromatic nitrogens is 2. The number of nitrogens with one attached hydrogen (secondary N) is 1. The molecule has 0 saturated heterocycles. The molecule has 36 heavy (non-hydrogen) atoms. The maximum atomic E-state index is 12.9. The number of nitrogens with zero attached hydrogens (tertiary/aromatic N) is 2. The molecule has 2 N–H and O–H groups in total. The summed E-state index contributed by atoms with van der Waals surface area (Å²) in [6, 6.07) is 22.9. The number of carbonyl (C=O) groups is 1. The van der Waals surface area contributed by atoms with Crippen molar-refractivity contribution in [2.24, 2.45) is 0 Å². The van der Waals surface area contributed by atoms with Crippen molar-refractivity contribution < 1.29 is 23.1 Å². The van der Waals surface area contributed by atoms with Crippen LogP contribution in [-0.4, -0.2) is 20.7 Å². The molecule has 0 bridgehead atoms. The number of halogens is 3. The Balaban J connectivity index is 1.46. The molecule has 4 aromatic rings. The van der Waals surface area contributed by atoms with E-state index < -0.39 is 17.8 Å². The Kier molecular flexibility index (Phi) is 7.55. The molecule has 0 aliphatic heterocycles. The lowest BCUT2D eigenvalue weighted by Crippen LogP contribution is -2.13. The first-order valence-electron chi connectivity index (χ1n) is 11.6. The number of Topliss-reactive ketones (excluding diaryl/α,β-unsaturated/α-hetero) is 1. The van der Waals surface area contributed by atoms with E-state index in [1.54, 1.807) is 60.7 Å². The molecule has 0 amide bonds. The van der Waals surface area contributed by atoms with Crippen molar-refractivity contribution in [3.63, 3.8) is 0 Å². The molecule has 4 rings (SSSR count). The summed E-state index contributed by atoms with van der Waals surface area (Å²) < 4.78 is 39.7. The number of benzene rings is 3. The number of aliphatic hydroxyl groups excluding tert-OH is 1. The first kappa shape index (κ1) is 25.2. The van der Waals surface area contributed by atoms with Crippen molar-refractivity contribution in [1.29, 1.82) is 0 Å². The highest BCUT2D eigenvalue weighted by atomic mass is 19.4. The maximum Gasteiger partial charge on any atom is 0.419 e. The van der Waals surface area contributed by atoms with Gasteiger partial charge in [0, 0.05) is 17.4 Å². The molecular weight excluding hydrogens is 467 g/mol. The van der Waals surface area contributed by atoms with Crippen molar-refractivity contribution >= 4 is 11.5 Å². The molecule has 8 heteroatoms. The van der Waals surface area contributed by atoms with E-state index >= 15 is 0 Å². The van der Waals surface area contributed by atoms with E-state index in [1.807, 2.05) is 18.2 Å². The SMILES string of the molecule is CCCC(Nc1ccc(-n2cc(C(F)(F)F)cn2)cc1)c1ccc(C(O)C(=O)c2ccccc2)cc1. The quantitative estimate of drug-likeness (QED) is 0.253. The number of ketones is 1. The molecule has 1 heterocycles. The Morgan fingerprint density at radius 2 is 1.61 bits per heavy atom. The van der Waals surface area contributed by atoms with Crippen LogP contribution in [0, 0.1) is 0 Å². The highest BCUT2D eigenvalue weighted by Gasteiger charge is 2.32. The Morgan fingerprint density at radius 3 is 2.19 bits per heavy atom. The second-order valence-electron chi connectivity index (χ2n) is 8.50. The van der Waals surface area contributed by atoms with Crippen LogP contribution in [0.5, 0.6) is 0 Å². The van der Waals surface area contributed by atoms with E-state index in [2.05, 4.69) is 17.3 Å². The molecule has 1 aromatic heterocycles. The molecule has 0 saturated carbocycles. The number of carbonyl (C=O) groups excluding carboxylic acids is 1. The van der Waals surface area contributed by atoms with Gasteiger partial charge in [-0.15, -0.1) is 0 Å². The predicted molar refractivity (Wildman–Crippen MR) is 132 cm³/mol. The summed E-state index contributed by atoms with van der Waals surface area (Å²) in [5.41, 5.74) is 2.49. The summed E-state index contributed by atoms with van der Waals surface area (Å²) in [5, 5.41) is 17.8. The summed E-state index contributed by atoms with van der Waals surface area (Å²) in [7, 11) is 0. The second kappa shape index (κ2) is 10.8. The smallest absolute Gasteiger partial charge is 0.380 e. The van der Waals surface area contributed by atoms with E-state index in [0.717, 1.165) is 36.5 Å². The van der Waals surface area contributed by atoms with Crippen LogP contribution in [-0.2, 0) is 6.18 Å². The minimum Gasteiger partial charge on any atom is -0.380 e. The normalized spacial score (nSPS) is 13.2. The van der Waals surface area contributed by atoms with Gasteiger partial charge < -0.3 is 10.4 Å². The standard InChI is InChI=1S/C28H26F3N3O2/c1-2-6-25(19-9-11-21(12-10-19)27(36)26(35)20-7-4-3-5-8-20)33-23-13-15-24(16-14-23)34-18-22(17-32-34)28(29,30)31/h3-5,7-18,25,27,33,36H,2,6H2,1H3. The van der Waals surface area contributed by atoms with Gasteiger partial charge in [0.25, 0.3) is 0 Å². The third-order valence-electron chi connectivity index (χ3n) is 5.92. The highest BCUT2D eigenvalue weighted by Crippen LogP contribution is 2.30. The summed E-state index contributed by atoms with van der Waals surface area (Å²) in [6.07, 6.45) is -2.17. The zero-order chi connectivity index (χ0) is 25.7. The Hall–Kier alpha value is -3.91. The van der Waals surface area contributed by atoms with Crippen LogP contribution >= 0.6 is 0 Å². The van der Waals surface area contributed by atoms with Gasteiger partial charge >= 0.3 is 6.18 Å². The van der Waals surface area contributed by atoms with Crippen molar-refractivity contribution in [3.8, 4) is 5.69 Å². The summed E-state index contributed by atoms with van der Waals surface area (Å²) in [6.45, 7) is 2.07. The molecule has 0 fully saturated rings. The van der Waals surface area contributed by atoms with Crippen molar-refractivity contribution in [2.45, 2.75) is 38.1 Å². The van der Waals surface area contributed by atoms with Gasteiger partial charge in [0.1, 0.15) is 6.10 Å². The van der Waals surface area contributed by atoms with Crippen LogP contribution in [0.3, 0.4) is 0 Å². The fourth-order valence-electron chi connectivity index (χ4n) is 3.96. The van der Waals surface area contributed by atoms with Gasteiger partial charge in [0.05, 0.1) is 23.5 Å². The van der Waals surface area contributed by atoms with E-state index in [-0.39, 0.29) is 11.8 Å². The summed E-state index contributed by atoms with van der Waals surface area (Å²) in [5.74, 6) is -0.355. The first-order valence-corrected chi connectivity index (χ1v) is 11.6. The van der Waals surface area contributed by atoms with E-state index in [4.69, 9.17) is 0 Å². The van der Waals surface area contributed by atoms with Gasteiger partial charge in [-0.25, -0.2) is 4.68 Å². The van der Waals surface area contributed by atoms with Gasteiger partial charge in [-0.1, -0.05) is 67.9 Å². The average molecular weight is 494 g/mol. The minimum atomic E-state index is -4.44. The van der Waals surface area contributed by atoms with Crippen LogP contribution < -0.4 is 5.32 Å². The highest BCUT2D eigenvalue weighted by molar-refractivity contribution is 5.99. The molecule has 0 spiro atoms. The second-order valence-corrected chi connectivity index (χ2v) is 8.50. The lowest BCUT2D eigenvalue weighted by Gasteiger charge is -2.21. The molecule has 0 aliphatic rings. The number of anilines is 1. The van der Waals surface area contributed by atoms with Gasteiger partial charge in [0.15, 0.2) is 5.78 Å². The van der Waals surface area contributed by atoms with Crippen molar-refractivity contribution in [2.75, 3.05) is 5.32 Å². The number of hydrogen-bond acceptors (Lipinski definition) is 4. The lowest BCUT2D eigenvalue weighted by molar-refractivity contribution is -0.137. The Bertz CT molecular complexity index is 1280. The number of hydrogen-bond donors (Lipinski definition) is 2. The lowest BCUT2D eigenvalue weighted by atomic mass is 9.96. The van der Waals surface area contributed by atoms with Gasteiger partial charge in [-0.2, -0.15) is 18.3 Å². The van der Waals surface area contributed by atoms with Crippen molar-refractivity contribution in [1.82, 2.24) is 9.78 Å². The fourth-order valence-corrected chi connectivity index (χ4v) is 3.96. The zero-order valence-electron chi connectivity index (χ0n) is 19.6. The Labute approximate surface area is 207 Å². The van der Waals surface area contributed by atoms with Crippen LogP contribution in [0.1, 0.15) is 59.0 Å². The van der Waals surface area contributed by atoms with E-state index in [0.29, 0.717) is 16.8 Å². The third-order valence-corrected chi connectivity index (χ3v) is 5.92. The fraction of sp³-hybridized carbons (Fsp3) is 0.214. The molecule has 0 radical (unpaired) electrons. The summed E-state index contributed by atoms with van der Waals surface area (Å²) >= 11 is 0. The molecule has 2 atom stereocenters. The average Bonchev–Trinajstić information content (AvgIpc) is 3.40. The Morgan fingerprint density at radius 1 is 0.972 bits per heavy atom. The molecule has 0 aliphatic carbocycles. The van der Waals surface area contributed by atoms with Crippen LogP contribution in [0.2, 0.25) is 0 Å². The molecule has 2 unspecified atom stereocenters. The molecule has 186 valence electrons. The topological polar surface area (TPSA) is 67.2 Å². The molecule has 5 nitrogen and oxygen atoms in total. The van der Waals surface area contributed by atoms with Crippen LogP contribution in [0.4, 0.5) is 18.9 Å². The summed E-state index contributed by atoms with van der Waals surface area (Å²) in [4.78, 5) is 12.6. The molecular formula is C28H26F3N3O2. The first-order chi connectivity index (χ1) is 17.3. The van der Waals surface area contributed by atoms with Gasteiger partial charge in [0.2, 0.25) is 0 Å². The van der Waals surface area contributed by atoms with E-state index in [9.17, 15) is 23.1 Å². The van der Waals surface area contributed by atoms with Crippen molar-refractivity contribution in [3.05, 3.63) is 114 Å². The minimum absolute atomic E-state index is 0.0293. The largest absolute Gasteiger partial charge is 0.419 e. The number of rotatable bonds is 9. The predicted octanol–water partition coefficient (Wildman–Crippen LogP) is 6.76. The zero-order valence-corrected chi connectivity index (χ0v) is 19.6. The monoisotopic (exact) mass is 493 g/mol. The van der Waals surface area contributed by atoms with Gasteiger partial charge in [-0.05, 0) is 41.8 Å².